The Bertz CT molecular complexity index is 533. The highest BCUT2D eigenvalue weighted by Crippen LogP contribution is 2.13. The van der Waals surface area contributed by atoms with Crippen molar-refractivity contribution in [2.75, 3.05) is 13.6 Å². The number of hydrogen-bond donors (Lipinski definition) is 1. The van der Waals surface area contributed by atoms with Crippen molar-refractivity contribution in [3.8, 4) is 0 Å². The summed E-state index contributed by atoms with van der Waals surface area (Å²) in [4.78, 5) is 13.0. The summed E-state index contributed by atoms with van der Waals surface area (Å²) >= 11 is 0. The van der Waals surface area contributed by atoms with Gasteiger partial charge in [-0.1, -0.05) is 30.3 Å². The summed E-state index contributed by atoms with van der Waals surface area (Å²) in [6.07, 6.45) is 2.35. The third-order valence-electron chi connectivity index (χ3n) is 3.01. The van der Waals surface area contributed by atoms with Crippen molar-refractivity contribution in [2.45, 2.75) is 13.0 Å². The number of rotatable bonds is 6. The number of aromatic carboxylic acids is 1. The van der Waals surface area contributed by atoms with E-state index in [9.17, 15) is 4.79 Å². The molecule has 0 aliphatic heterocycles. The first-order chi connectivity index (χ1) is 9.16. The van der Waals surface area contributed by atoms with Gasteiger partial charge < -0.3 is 9.52 Å². The minimum Gasteiger partial charge on any atom is -0.478 e. The molecule has 0 fully saturated rings. The summed E-state index contributed by atoms with van der Waals surface area (Å²) in [5.74, 6) is -0.441. The van der Waals surface area contributed by atoms with E-state index in [1.807, 2.05) is 25.2 Å². The van der Waals surface area contributed by atoms with Gasteiger partial charge in [-0.05, 0) is 25.1 Å². The quantitative estimate of drug-likeness (QED) is 0.866. The first-order valence-electron chi connectivity index (χ1n) is 6.19. The van der Waals surface area contributed by atoms with Crippen LogP contribution in [0.4, 0.5) is 0 Å². The van der Waals surface area contributed by atoms with Crippen LogP contribution in [0.15, 0.2) is 47.1 Å². The average molecular weight is 259 g/mol. The van der Waals surface area contributed by atoms with Crippen LogP contribution in [0.1, 0.15) is 21.7 Å². The molecule has 0 saturated carbocycles. The van der Waals surface area contributed by atoms with Crippen molar-refractivity contribution in [2.24, 2.45) is 0 Å². The van der Waals surface area contributed by atoms with E-state index in [-0.39, 0.29) is 5.56 Å². The Balaban J connectivity index is 1.89. The number of carboxylic acids is 1. The van der Waals surface area contributed by atoms with Gasteiger partial charge in [-0.2, -0.15) is 0 Å². The van der Waals surface area contributed by atoms with Crippen molar-refractivity contribution < 1.29 is 14.3 Å². The smallest absolute Gasteiger partial charge is 0.339 e. The molecule has 0 bridgehead atoms. The fourth-order valence-corrected chi connectivity index (χ4v) is 1.94. The summed E-state index contributed by atoms with van der Waals surface area (Å²) in [5.41, 5.74) is 1.51. The summed E-state index contributed by atoms with van der Waals surface area (Å²) in [6.45, 7) is 1.35. The molecule has 1 aromatic carbocycles. The maximum atomic E-state index is 11.0. The van der Waals surface area contributed by atoms with Gasteiger partial charge in [-0.25, -0.2) is 4.79 Å². The lowest BCUT2D eigenvalue weighted by Crippen LogP contribution is -2.21. The molecule has 0 atom stereocenters. The van der Waals surface area contributed by atoms with Gasteiger partial charge in [0.05, 0.1) is 12.8 Å². The molecule has 2 aromatic rings. The predicted molar refractivity (Wildman–Crippen MR) is 72.1 cm³/mol. The third kappa shape index (κ3) is 3.69. The Kier molecular flexibility index (Phi) is 4.36. The van der Waals surface area contributed by atoms with E-state index in [0.717, 1.165) is 13.0 Å². The molecule has 1 heterocycles. The number of hydrogen-bond acceptors (Lipinski definition) is 3. The average Bonchev–Trinajstić information content (AvgIpc) is 2.86. The second-order valence-corrected chi connectivity index (χ2v) is 4.54. The topological polar surface area (TPSA) is 53.7 Å². The van der Waals surface area contributed by atoms with Crippen LogP contribution < -0.4 is 0 Å². The largest absolute Gasteiger partial charge is 0.478 e. The minimum absolute atomic E-state index is 0.242. The van der Waals surface area contributed by atoms with E-state index in [1.165, 1.54) is 17.9 Å². The summed E-state index contributed by atoms with van der Waals surface area (Å²) in [7, 11) is 1.96. The number of nitrogens with zero attached hydrogens (tertiary/aromatic N) is 1. The molecule has 4 nitrogen and oxygen atoms in total. The molecule has 4 heteroatoms. The zero-order valence-corrected chi connectivity index (χ0v) is 10.9. The second-order valence-electron chi connectivity index (χ2n) is 4.54. The maximum Gasteiger partial charge on any atom is 0.339 e. The lowest BCUT2D eigenvalue weighted by Gasteiger charge is -2.15. The number of carbonyl (C=O) groups is 1. The van der Waals surface area contributed by atoms with Crippen LogP contribution in [-0.4, -0.2) is 29.6 Å². The van der Waals surface area contributed by atoms with E-state index in [1.54, 1.807) is 0 Å². The first kappa shape index (κ1) is 13.4. The lowest BCUT2D eigenvalue weighted by molar-refractivity contribution is 0.0693. The first-order valence-corrected chi connectivity index (χ1v) is 6.19. The van der Waals surface area contributed by atoms with Crippen molar-refractivity contribution in [3.05, 3.63) is 59.5 Å². The Labute approximate surface area is 112 Å². The van der Waals surface area contributed by atoms with Crippen LogP contribution in [0.3, 0.4) is 0 Å². The fourth-order valence-electron chi connectivity index (χ4n) is 1.94. The highest BCUT2D eigenvalue weighted by Gasteiger charge is 2.14. The van der Waals surface area contributed by atoms with Gasteiger partial charge in [0.25, 0.3) is 0 Å². The van der Waals surface area contributed by atoms with Gasteiger partial charge in [-0.15, -0.1) is 0 Å². The number of likely N-dealkylation sites (N-methyl/N-ethyl adjacent to an activating group) is 1. The van der Waals surface area contributed by atoms with Crippen LogP contribution >= 0.6 is 0 Å². The van der Waals surface area contributed by atoms with Crippen LogP contribution in [-0.2, 0) is 13.0 Å². The number of carboxylic acid groups (broad SMARTS) is 1. The van der Waals surface area contributed by atoms with Gasteiger partial charge in [-0.3, -0.25) is 4.90 Å². The van der Waals surface area contributed by atoms with E-state index < -0.39 is 5.97 Å². The molecule has 0 radical (unpaired) electrons. The Morgan fingerprint density at radius 1 is 1.26 bits per heavy atom. The maximum absolute atomic E-state index is 11.0. The monoisotopic (exact) mass is 259 g/mol. The van der Waals surface area contributed by atoms with Gasteiger partial charge >= 0.3 is 5.97 Å². The highest BCUT2D eigenvalue weighted by atomic mass is 16.4. The van der Waals surface area contributed by atoms with Crippen molar-refractivity contribution >= 4 is 5.97 Å². The molecule has 0 unspecified atom stereocenters. The van der Waals surface area contributed by atoms with Crippen LogP contribution in [0, 0.1) is 0 Å². The van der Waals surface area contributed by atoms with Crippen LogP contribution in [0.5, 0.6) is 0 Å². The van der Waals surface area contributed by atoms with Gasteiger partial charge in [0.1, 0.15) is 11.3 Å². The van der Waals surface area contributed by atoms with Gasteiger partial charge in [0.2, 0.25) is 0 Å². The fraction of sp³-hybridized carbons (Fsp3) is 0.267. The van der Waals surface area contributed by atoms with Gasteiger partial charge in [0, 0.05) is 6.54 Å². The van der Waals surface area contributed by atoms with Crippen molar-refractivity contribution in [3.63, 3.8) is 0 Å². The third-order valence-corrected chi connectivity index (χ3v) is 3.01. The molecular formula is C15H17NO3. The summed E-state index contributed by atoms with van der Waals surface area (Å²) in [5, 5.41) is 9.00. The molecule has 19 heavy (non-hydrogen) atoms. The molecule has 0 aliphatic carbocycles. The zero-order chi connectivity index (χ0) is 13.7. The molecule has 0 spiro atoms. The van der Waals surface area contributed by atoms with Crippen molar-refractivity contribution in [1.82, 2.24) is 4.90 Å². The Morgan fingerprint density at radius 3 is 2.68 bits per heavy atom. The molecule has 0 aliphatic rings. The normalized spacial score (nSPS) is 10.8. The van der Waals surface area contributed by atoms with E-state index >= 15 is 0 Å². The Morgan fingerprint density at radius 2 is 2.00 bits per heavy atom. The highest BCUT2D eigenvalue weighted by molar-refractivity contribution is 5.88. The molecule has 2 rings (SSSR count). The molecule has 1 aromatic heterocycles. The standard InChI is InChI=1S/C15H17NO3/c1-16(9-7-12-5-3-2-4-6-12)11-14-13(15(17)18)8-10-19-14/h2-6,8,10H,7,9,11H2,1H3,(H,17,18). The number of furan rings is 1. The van der Waals surface area contributed by atoms with E-state index in [4.69, 9.17) is 9.52 Å². The van der Waals surface area contributed by atoms with Crippen LogP contribution in [0.2, 0.25) is 0 Å². The molecule has 100 valence electrons. The molecule has 0 saturated heterocycles. The second kappa shape index (κ2) is 6.20. The van der Waals surface area contributed by atoms with E-state index in [0.29, 0.717) is 12.3 Å². The molecule has 1 N–H and O–H groups in total. The predicted octanol–water partition coefficient (Wildman–Crippen LogP) is 2.65. The summed E-state index contributed by atoms with van der Waals surface area (Å²) in [6, 6.07) is 11.7. The number of benzene rings is 1. The van der Waals surface area contributed by atoms with Crippen LogP contribution in [0.25, 0.3) is 0 Å². The summed E-state index contributed by atoms with van der Waals surface area (Å²) < 4.78 is 5.23. The molecular weight excluding hydrogens is 242 g/mol. The lowest BCUT2D eigenvalue weighted by atomic mass is 10.1. The Hall–Kier alpha value is -2.07. The van der Waals surface area contributed by atoms with E-state index in [2.05, 4.69) is 17.0 Å². The SMILES string of the molecule is CN(CCc1ccccc1)Cc1occc1C(=O)O. The molecule has 0 amide bonds. The minimum atomic E-state index is -0.944. The zero-order valence-electron chi connectivity index (χ0n) is 10.9. The van der Waals surface area contributed by atoms with Gasteiger partial charge in [0.15, 0.2) is 0 Å². The van der Waals surface area contributed by atoms with Crippen molar-refractivity contribution in [1.29, 1.82) is 0 Å².